The van der Waals surface area contributed by atoms with Gasteiger partial charge in [-0.3, -0.25) is 4.79 Å². The molecule has 0 saturated carbocycles. The zero-order valence-corrected chi connectivity index (χ0v) is 13.4. The average molecular weight is 338 g/mol. The third-order valence-corrected chi connectivity index (χ3v) is 3.08. The van der Waals surface area contributed by atoms with Crippen LogP contribution in [0.2, 0.25) is 5.02 Å². The Bertz CT molecular complexity index is 723. The van der Waals surface area contributed by atoms with Gasteiger partial charge < -0.3 is 19.6 Å². The van der Waals surface area contributed by atoms with Gasteiger partial charge in [-0.05, 0) is 44.2 Å². The van der Waals surface area contributed by atoms with Crippen LogP contribution in [0.15, 0.2) is 34.7 Å². The number of rotatable bonds is 6. The van der Waals surface area contributed by atoms with Crippen molar-refractivity contribution < 1.29 is 23.8 Å². The molecule has 1 heterocycles. The van der Waals surface area contributed by atoms with Crippen LogP contribution in [0.1, 0.15) is 40.5 Å². The second-order valence-corrected chi connectivity index (χ2v) is 5.50. The van der Waals surface area contributed by atoms with Gasteiger partial charge in [0.15, 0.2) is 0 Å². The van der Waals surface area contributed by atoms with E-state index in [-0.39, 0.29) is 18.4 Å². The number of carboxylic acids is 1. The van der Waals surface area contributed by atoms with E-state index in [1.807, 2.05) is 13.8 Å². The second-order valence-electron chi connectivity index (χ2n) is 5.06. The molecule has 0 radical (unpaired) electrons. The number of amides is 1. The molecule has 7 heteroatoms. The summed E-state index contributed by atoms with van der Waals surface area (Å²) in [5.74, 6) is -0.973. The summed E-state index contributed by atoms with van der Waals surface area (Å²) in [4.78, 5) is 23.1. The van der Waals surface area contributed by atoms with Crippen molar-refractivity contribution >= 4 is 23.5 Å². The van der Waals surface area contributed by atoms with E-state index in [1.54, 1.807) is 12.1 Å². The van der Waals surface area contributed by atoms with E-state index in [1.165, 1.54) is 18.2 Å². The van der Waals surface area contributed by atoms with Crippen molar-refractivity contribution in [1.29, 1.82) is 0 Å². The zero-order valence-electron chi connectivity index (χ0n) is 12.6. The van der Waals surface area contributed by atoms with Crippen LogP contribution in [0.5, 0.6) is 5.75 Å². The van der Waals surface area contributed by atoms with Gasteiger partial charge in [0.25, 0.3) is 5.91 Å². The Hall–Kier alpha value is -2.47. The van der Waals surface area contributed by atoms with Crippen LogP contribution in [-0.4, -0.2) is 23.1 Å². The van der Waals surface area contributed by atoms with Crippen LogP contribution < -0.4 is 10.1 Å². The first-order chi connectivity index (χ1) is 10.9. The highest BCUT2D eigenvalue weighted by Gasteiger charge is 2.15. The van der Waals surface area contributed by atoms with E-state index in [9.17, 15) is 9.59 Å². The lowest BCUT2D eigenvalue weighted by molar-refractivity contribution is 0.0660. The highest BCUT2D eigenvalue weighted by atomic mass is 35.5. The zero-order chi connectivity index (χ0) is 17.0. The highest BCUT2D eigenvalue weighted by Crippen LogP contribution is 2.24. The Morgan fingerprint density at radius 1 is 1.30 bits per heavy atom. The Kier molecular flexibility index (Phi) is 5.28. The van der Waals surface area contributed by atoms with Crippen molar-refractivity contribution in [3.8, 4) is 5.75 Å². The molecule has 6 nitrogen and oxygen atoms in total. The quantitative estimate of drug-likeness (QED) is 0.843. The van der Waals surface area contributed by atoms with Crippen molar-refractivity contribution in [2.24, 2.45) is 0 Å². The first kappa shape index (κ1) is 16.9. The van der Waals surface area contributed by atoms with Crippen molar-refractivity contribution in [3.05, 3.63) is 52.4 Å². The number of halogens is 1. The fraction of sp³-hybridized carbons (Fsp3) is 0.250. The molecule has 0 saturated heterocycles. The lowest BCUT2D eigenvalue weighted by Gasteiger charge is -2.14. The number of carboxylic acid groups (broad SMARTS) is 1. The third-order valence-electron chi connectivity index (χ3n) is 2.84. The molecule has 1 amide bonds. The third kappa shape index (κ3) is 4.50. The summed E-state index contributed by atoms with van der Waals surface area (Å²) in [6.45, 7) is 3.76. The Morgan fingerprint density at radius 2 is 2.04 bits per heavy atom. The summed E-state index contributed by atoms with van der Waals surface area (Å²) < 4.78 is 10.7. The first-order valence-electron chi connectivity index (χ1n) is 6.93. The van der Waals surface area contributed by atoms with Crippen molar-refractivity contribution in [1.82, 2.24) is 5.32 Å². The highest BCUT2D eigenvalue weighted by molar-refractivity contribution is 6.31. The maximum Gasteiger partial charge on any atom is 0.371 e. The summed E-state index contributed by atoms with van der Waals surface area (Å²) in [5, 5.41) is 11.9. The molecule has 0 aliphatic carbocycles. The minimum Gasteiger partial charge on any atom is -0.490 e. The van der Waals surface area contributed by atoms with Crippen LogP contribution in [0, 0.1) is 0 Å². The number of aromatic carboxylic acids is 1. The summed E-state index contributed by atoms with van der Waals surface area (Å²) in [5.41, 5.74) is 0.302. The van der Waals surface area contributed by atoms with Gasteiger partial charge in [-0.2, -0.15) is 0 Å². The van der Waals surface area contributed by atoms with Crippen molar-refractivity contribution in [3.63, 3.8) is 0 Å². The van der Waals surface area contributed by atoms with Gasteiger partial charge in [-0.25, -0.2) is 4.79 Å². The number of nitrogens with one attached hydrogen (secondary N) is 1. The maximum absolute atomic E-state index is 12.3. The number of hydrogen-bond acceptors (Lipinski definition) is 4. The van der Waals surface area contributed by atoms with Gasteiger partial charge in [0.2, 0.25) is 5.76 Å². The second kappa shape index (κ2) is 7.19. The van der Waals surface area contributed by atoms with E-state index in [4.69, 9.17) is 25.9 Å². The number of benzene rings is 1. The van der Waals surface area contributed by atoms with Crippen LogP contribution in [0.4, 0.5) is 0 Å². The molecule has 0 aliphatic rings. The van der Waals surface area contributed by atoms with Gasteiger partial charge in [0.1, 0.15) is 11.5 Å². The summed E-state index contributed by atoms with van der Waals surface area (Å²) in [6.07, 6.45) is -0.0917. The first-order valence-corrected chi connectivity index (χ1v) is 7.31. The van der Waals surface area contributed by atoms with Crippen LogP contribution in [0.25, 0.3) is 0 Å². The minimum absolute atomic E-state index is 0.0553. The standard InChI is InChI=1S/C16H16ClNO5/c1-9(2)22-13-5-3-10(17)7-12(13)15(19)18-8-11-4-6-14(23-11)16(20)21/h3-7,9H,8H2,1-2H3,(H,18,19)(H,20,21). The van der Waals surface area contributed by atoms with Gasteiger partial charge in [-0.15, -0.1) is 0 Å². The monoisotopic (exact) mass is 337 g/mol. The lowest BCUT2D eigenvalue weighted by atomic mass is 10.2. The topological polar surface area (TPSA) is 88.8 Å². The van der Waals surface area contributed by atoms with Gasteiger partial charge >= 0.3 is 5.97 Å². The average Bonchev–Trinajstić information content (AvgIpc) is 2.95. The minimum atomic E-state index is -1.16. The molecule has 0 unspecified atom stereocenters. The fourth-order valence-corrected chi connectivity index (χ4v) is 2.06. The molecule has 1 aromatic carbocycles. The van der Waals surface area contributed by atoms with E-state index in [2.05, 4.69) is 5.32 Å². The van der Waals surface area contributed by atoms with Crippen LogP contribution in [0.3, 0.4) is 0 Å². The molecule has 0 aliphatic heterocycles. The lowest BCUT2D eigenvalue weighted by Crippen LogP contribution is -2.24. The predicted octanol–water partition coefficient (Wildman–Crippen LogP) is 3.35. The van der Waals surface area contributed by atoms with E-state index >= 15 is 0 Å². The van der Waals surface area contributed by atoms with Gasteiger partial charge in [-0.1, -0.05) is 11.6 Å². The Morgan fingerprint density at radius 3 is 2.65 bits per heavy atom. The molecule has 2 rings (SSSR count). The molecule has 0 spiro atoms. The summed E-state index contributed by atoms with van der Waals surface area (Å²) in [7, 11) is 0. The number of hydrogen-bond donors (Lipinski definition) is 2. The summed E-state index contributed by atoms with van der Waals surface area (Å²) >= 11 is 5.93. The SMILES string of the molecule is CC(C)Oc1ccc(Cl)cc1C(=O)NCc1ccc(C(=O)O)o1. The molecular formula is C16H16ClNO5. The van der Waals surface area contributed by atoms with Crippen molar-refractivity contribution in [2.45, 2.75) is 26.5 Å². The van der Waals surface area contributed by atoms with Crippen molar-refractivity contribution in [2.75, 3.05) is 0 Å². The molecule has 122 valence electrons. The number of carbonyl (C=O) groups is 2. The molecule has 1 aromatic heterocycles. The van der Waals surface area contributed by atoms with E-state index < -0.39 is 11.9 Å². The number of carbonyl (C=O) groups excluding carboxylic acids is 1. The smallest absolute Gasteiger partial charge is 0.371 e. The largest absolute Gasteiger partial charge is 0.490 e. The molecular weight excluding hydrogens is 322 g/mol. The number of ether oxygens (including phenoxy) is 1. The fourth-order valence-electron chi connectivity index (χ4n) is 1.89. The summed E-state index contributed by atoms with van der Waals surface area (Å²) in [6, 6.07) is 7.61. The normalized spacial score (nSPS) is 10.6. The molecule has 23 heavy (non-hydrogen) atoms. The van der Waals surface area contributed by atoms with E-state index in [0.717, 1.165) is 0 Å². The Labute approximate surface area is 138 Å². The molecule has 0 bridgehead atoms. The van der Waals surface area contributed by atoms with Gasteiger partial charge in [0.05, 0.1) is 18.2 Å². The van der Waals surface area contributed by atoms with Gasteiger partial charge in [0, 0.05) is 5.02 Å². The Balaban J connectivity index is 2.10. The van der Waals surface area contributed by atoms with Crippen LogP contribution in [-0.2, 0) is 6.54 Å². The molecule has 2 N–H and O–H groups in total. The number of furan rings is 1. The van der Waals surface area contributed by atoms with E-state index in [0.29, 0.717) is 22.1 Å². The maximum atomic E-state index is 12.3. The molecule has 2 aromatic rings. The van der Waals surface area contributed by atoms with Crippen LogP contribution >= 0.6 is 11.6 Å². The predicted molar refractivity (Wildman–Crippen MR) is 84.1 cm³/mol. The molecule has 0 atom stereocenters. The molecule has 0 fully saturated rings.